The number of halogens is 1. The number of rotatable bonds is 4. The van der Waals surface area contributed by atoms with Gasteiger partial charge in [0.2, 0.25) is 10.0 Å². The van der Waals surface area contributed by atoms with E-state index in [2.05, 4.69) is 26.9 Å². The van der Waals surface area contributed by atoms with Gasteiger partial charge in [-0.25, -0.2) is 8.42 Å². The summed E-state index contributed by atoms with van der Waals surface area (Å²) >= 11 is 3.56. The number of nitrogens with zero attached hydrogens (tertiary/aromatic N) is 2. The van der Waals surface area contributed by atoms with Crippen LogP contribution in [-0.4, -0.2) is 56.6 Å². The first-order valence-electron chi connectivity index (χ1n) is 6.57. The topological polar surface area (TPSA) is 66.6 Å². The van der Waals surface area contributed by atoms with Gasteiger partial charge in [0.1, 0.15) is 0 Å². The van der Waals surface area contributed by atoms with Crippen molar-refractivity contribution in [2.24, 2.45) is 5.73 Å². The molecule has 0 spiro atoms. The minimum absolute atomic E-state index is 0.118. The zero-order valence-corrected chi connectivity index (χ0v) is 13.9. The van der Waals surface area contributed by atoms with Crippen LogP contribution in [-0.2, 0) is 10.0 Å². The van der Waals surface area contributed by atoms with Crippen molar-refractivity contribution in [3.63, 3.8) is 0 Å². The maximum Gasteiger partial charge on any atom is 0.211 e. The summed E-state index contributed by atoms with van der Waals surface area (Å²) in [7, 11) is -3.09. The molecule has 1 aliphatic rings. The minimum atomic E-state index is -3.09. The smallest absolute Gasteiger partial charge is 0.211 e. The molecule has 1 fully saturated rings. The van der Waals surface area contributed by atoms with Crippen LogP contribution >= 0.6 is 15.9 Å². The Bertz CT molecular complexity index is 556. The summed E-state index contributed by atoms with van der Waals surface area (Å²) in [5.74, 6) is 0. The number of sulfonamides is 1. The summed E-state index contributed by atoms with van der Waals surface area (Å²) in [6.07, 6.45) is 1.26. The third-order valence-electron chi connectivity index (χ3n) is 3.67. The van der Waals surface area contributed by atoms with Gasteiger partial charge in [0.25, 0.3) is 0 Å². The first kappa shape index (κ1) is 15.9. The van der Waals surface area contributed by atoms with Crippen LogP contribution in [0.5, 0.6) is 0 Å². The summed E-state index contributed by atoms with van der Waals surface area (Å²) < 4.78 is 25.6. The van der Waals surface area contributed by atoms with E-state index >= 15 is 0 Å². The zero-order chi connectivity index (χ0) is 14.8. The van der Waals surface area contributed by atoms with Crippen LogP contribution in [0.25, 0.3) is 0 Å². The van der Waals surface area contributed by atoms with Gasteiger partial charge in [0.05, 0.1) is 6.26 Å². The molecular weight excluding hydrogens is 342 g/mol. The molecule has 0 bridgehead atoms. The van der Waals surface area contributed by atoms with Gasteiger partial charge in [-0.1, -0.05) is 34.1 Å². The monoisotopic (exact) mass is 361 g/mol. The van der Waals surface area contributed by atoms with Gasteiger partial charge in [-0.15, -0.1) is 0 Å². The standard InChI is InChI=1S/C13H20BrN3O2S/c1-20(18,19)17-8-6-16(7-9-17)13(10-15)11-4-2-3-5-12(11)14/h2-5,13H,6-10,15H2,1H3. The molecule has 5 nitrogen and oxygen atoms in total. The molecule has 0 radical (unpaired) electrons. The van der Waals surface area contributed by atoms with Gasteiger partial charge in [-0.05, 0) is 11.6 Å². The fraction of sp³-hybridized carbons (Fsp3) is 0.538. The van der Waals surface area contributed by atoms with Gasteiger partial charge in [-0.2, -0.15) is 4.31 Å². The SMILES string of the molecule is CS(=O)(=O)N1CCN(C(CN)c2ccccc2Br)CC1. The molecule has 1 aromatic carbocycles. The second-order valence-corrected chi connectivity index (χ2v) is 7.81. The Morgan fingerprint density at radius 2 is 1.85 bits per heavy atom. The largest absolute Gasteiger partial charge is 0.329 e. The van der Waals surface area contributed by atoms with Gasteiger partial charge in [-0.3, -0.25) is 4.90 Å². The van der Waals surface area contributed by atoms with Crippen molar-refractivity contribution in [3.05, 3.63) is 34.3 Å². The van der Waals surface area contributed by atoms with Crippen LogP contribution in [0.15, 0.2) is 28.7 Å². The lowest BCUT2D eigenvalue weighted by Crippen LogP contribution is -2.50. The molecule has 1 heterocycles. The second-order valence-electron chi connectivity index (χ2n) is 4.97. The van der Waals surface area contributed by atoms with E-state index in [1.807, 2.05) is 18.2 Å². The highest BCUT2D eigenvalue weighted by molar-refractivity contribution is 9.10. The fourth-order valence-corrected chi connectivity index (χ4v) is 3.94. The first-order valence-corrected chi connectivity index (χ1v) is 9.21. The summed E-state index contributed by atoms with van der Waals surface area (Å²) in [5, 5.41) is 0. The molecule has 0 saturated carbocycles. The highest BCUT2D eigenvalue weighted by Crippen LogP contribution is 2.28. The van der Waals surface area contributed by atoms with Crippen LogP contribution in [0.4, 0.5) is 0 Å². The first-order chi connectivity index (χ1) is 9.43. The van der Waals surface area contributed by atoms with Crippen LogP contribution < -0.4 is 5.73 Å². The quantitative estimate of drug-likeness (QED) is 0.869. The molecule has 2 N–H and O–H groups in total. The Balaban J connectivity index is 2.10. The van der Waals surface area contributed by atoms with E-state index in [0.717, 1.165) is 10.0 Å². The Labute approximate surface area is 128 Å². The molecule has 0 aliphatic carbocycles. The summed E-state index contributed by atoms with van der Waals surface area (Å²) in [6.45, 7) is 2.98. The maximum atomic E-state index is 11.5. The molecule has 1 unspecified atom stereocenters. The third kappa shape index (κ3) is 3.59. The van der Waals surface area contributed by atoms with Crippen molar-refractivity contribution < 1.29 is 8.42 Å². The minimum Gasteiger partial charge on any atom is -0.329 e. The molecule has 1 aromatic rings. The van der Waals surface area contributed by atoms with Gasteiger partial charge >= 0.3 is 0 Å². The van der Waals surface area contributed by atoms with Crippen LogP contribution in [0.1, 0.15) is 11.6 Å². The fourth-order valence-electron chi connectivity index (χ4n) is 2.56. The normalized spacial score (nSPS) is 19.9. The summed E-state index contributed by atoms with van der Waals surface area (Å²) in [4.78, 5) is 2.25. The summed E-state index contributed by atoms with van der Waals surface area (Å²) in [5.41, 5.74) is 7.09. The van der Waals surface area contributed by atoms with E-state index in [1.54, 1.807) is 0 Å². The molecule has 1 atom stereocenters. The predicted octanol–water partition coefficient (Wildman–Crippen LogP) is 1.03. The number of benzene rings is 1. The van der Waals surface area contributed by atoms with Crippen molar-refractivity contribution >= 4 is 26.0 Å². The van der Waals surface area contributed by atoms with Crippen molar-refractivity contribution in [1.29, 1.82) is 0 Å². The Morgan fingerprint density at radius 3 is 2.35 bits per heavy atom. The van der Waals surface area contributed by atoms with E-state index in [4.69, 9.17) is 5.73 Å². The van der Waals surface area contributed by atoms with Crippen LogP contribution in [0, 0.1) is 0 Å². The summed E-state index contributed by atoms with van der Waals surface area (Å²) in [6, 6.07) is 8.15. The average molecular weight is 362 g/mol. The molecule has 2 rings (SSSR count). The molecule has 0 amide bonds. The number of nitrogens with two attached hydrogens (primary N) is 1. The molecule has 1 aliphatic heterocycles. The highest BCUT2D eigenvalue weighted by atomic mass is 79.9. The maximum absolute atomic E-state index is 11.5. The van der Waals surface area contributed by atoms with E-state index < -0.39 is 10.0 Å². The molecule has 20 heavy (non-hydrogen) atoms. The van der Waals surface area contributed by atoms with E-state index in [0.29, 0.717) is 32.7 Å². The lowest BCUT2D eigenvalue weighted by molar-refractivity contribution is 0.140. The number of hydrogen-bond acceptors (Lipinski definition) is 4. The molecule has 7 heteroatoms. The van der Waals surface area contributed by atoms with Crippen LogP contribution in [0.3, 0.4) is 0 Å². The average Bonchev–Trinajstić information content (AvgIpc) is 2.41. The molecule has 112 valence electrons. The van der Waals surface area contributed by atoms with Crippen molar-refractivity contribution in [3.8, 4) is 0 Å². The van der Waals surface area contributed by atoms with Crippen LogP contribution in [0.2, 0.25) is 0 Å². The van der Waals surface area contributed by atoms with Crippen molar-refractivity contribution in [2.75, 3.05) is 39.0 Å². The highest BCUT2D eigenvalue weighted by Gasteiger charge is 2.28. The van der Waals surface area contributed by atoms with Gasteiger partial charge in [0.15, 0.2) is 0 Å². The van der Waals surface area contributed by atoms with E-state index in [1.165, 1.54) is 10.6 Å². The lowest BCUT2D eigenvalue weighted by Gasteiger charge is -2.38. The number of piperazine rings is 1. The Morgan fingerprint density at radius 1 is 1.25 bits per heavy atom. The van der Waals surface area contributed by atoms with Crippen molar-refractivity contribution in [2.45, 2.75) is 6.04 Å². The lowest BCUT2D eigenvalue weighted by atomic mass is 10.0. The molecule has 1 saturated heterocycles. The third-order valence-corrected chi connectivity index (χ3v) is 5.70. The second kappa shape index (κ2) is 6.53. The zero-order valence-electron chi connectivity index (χ0n) is 11.5. The molecule has 0 aromatic heterocycles. The van der Waals surface area contributed by atoms with Crippen molar-refractivity contribution in [1.82, 2.24) is 9.21 Å². The van der Waals surface area contributed by atoms with Gasteiger partial charge in [0, 0.05) is 43.2 Å². The Kier molecular flexibility index (Phi) is 5.19. The molecular formula is C13H20BrN3O2S. The van der Waals surface area contributed by atoms with E-state index in [9.17, 15) is 8.42 Å². The Hall–Kier alpha value is -0.470. The predicted molar refractivity (Wildman–Crippen MR) is 83.9 cm³/mol. The van der Waals surface area contributed by atoms with E-state index in [-0.39, 0.29) is 6.04 Å². The van der Waals surface area contributed by atoms with Gasteiger partial charge < -0.3 is 5.73 Å². The number of hydrogen-bond donors (Lipinski definition) is 1.